The molecule has 0 atom stereocenters. The molecule has 22 heavy (non-hydrogen) atoms. The van der Waals surface area contributed by atoms with Gasteiger partial charge in [-0.3, -0.25) is 4.72 Å². The number of sulfonamides is 1. The topological polar surface area (TPSA) is 85.4 Å². The van der Waals surface area contributed by atoms with Gasteiger partial charge >= 0.3 is 5.97 Å². The Balaban J connectivity index is 2.33. The van der Waals surface area contributed by atoms with E-state index in [1.807, 2.05) is 0 Å². The van der Waals surface area contributed by atoms with Gasteiger partial charge in [0.2, 0.25) is 0 Å². The highest BCUT2D eigenvalue weighted by molar-refractivity contribution is 7.92. The van der Waals surface area contributed by atoms with Crippen molar-refractivity contribution in [2.45, 2.75) is 11.8 Å². The van der Waals surface area contributed by atoms with Crippen molar-refractivity contribution in [1.82, 2.24) is 4.98 Å². The van der Waals surface area contributed by atoms with E-state index in [-0.39, 0.29) is 16.3 Å². The third-order valence-electron chi connectivity index (χ3n) is 2.85. The molecule has 0 saturated carbocycles. The Kier molecular flexibility index (Phi) is 4.41. The summed E-state index contributed by atoms with van der Waals surface area (Å²) < 4.78 is 44.2. The summed E-state index contributed by atoms with van der Waals surface area (Å²) in [6.07, 6.45) is 0.908. The van der Waals surface area contributed by atoms with Crippen molar-refractivity contribution in [3.05, 3.63) is 53.5 Å². The van der Waals surface area contributed by atoms with Gasteiger partial charge in [0, 0.05) is 0 Å². The standard InChI is InChI=1S/C14H13FN2O4S/c1-9-7-10(14(18)21-2)3-5-12(9)22(19,20)17-13-6-4-11(15)8-16-13/h3-8H,1-2H3,(H,16,17). The average molecular weight is 324 g/mol. The summed E-state index contributed by atoms with van der Waals surface area (Å²) in [5.41, 5.74) is 0.622. The van der Waals surface area contributed by atoms with Crippen LogP contribution in [0.2, 0.25) is 0 Å². The van der Waals surface area contributed by atoms with Gasteiger partial charge in [-0.2, -0.15) is 0 Å². The SMILES string of the molecule is COC(=O)c1ccc(S(=O)(=O)Nc2ccc(F)cn2)c(C)c1. The second-order valence-electron chi connectivity index (χ2n) is 4.44. The number of methoxy groups -OCH3 is 1. The van der Waals surface area contributed by atoms with Crippen LogP contribution < -0.4 is 4.72 Å². The molecule has 8 heteroatoms. The molecule has 0 aliphatic rings. The van der Waals surface area contributed by atoms with Crippen molar-refractivity contribution in [3.63, 3.8) is 0 Å². The predicted octanol–water partition coefficient (Wildman–Crippen LogP) is 2.12. The van der Waals surface area contributed by atoms with Crippen molar-refractivity contribution < 1.29 is 22.3 Å². The van der Waals surface area contributed by atoms with E-state index < -0.39 is 21.8 Å². The van der Waals surface area contributed by atoms with Crippen LogP contribution in [0.15, 0.2) is 41.4 Å². The van der Waals surface area contributed by atoms with Gasteiger partial charge in [-0.05, 0) is 42.8 Å². The smallest absolute Gasteiger partial charge is 0.337 e. The highest BCUT2D eigenvalue weighted by Crippen LogP contribution is 2.20. The van der Waals surface area contributed by atoms with E-state index >= 15 is 0 Å². The summed E-state index contributed by atoms with van der Waals surface area (Å²) in [4.78, 5) is 15.0. The molecule has 1 N–H and O–H groups in total. The molecule has 0 bridgehead atoms. The molecule has 1 heterocycles. The van der Waals surface area contributed by atoms with Gasteiger partial charge in [0.25, 0.3) is 10.0 Å². The molecule has 6 nitrogen and oxygen atoms in total. The lowest BCUT2D eigenvalue weighted by molar-refractivity contribution is 0.0600. The fraction of sp³-hybridized carbons (Fsp3) is 0.143. The van der Waals surface area contributed by atoms with Crippen molar-refractivity contribution in [2.75, 3.05) is 11.8 Å². The van der Waals surface area contributed by atoms with Gasteiger partial charge in [0.1, 0.15) is 11.6 Å². The number of carbonyl (C=O) groups excluding carboxylic acids is 1. The molecule has 0 spiro atoms. The molecule has 0 aliphatic heterocycles. The lowest BCUT2D eigenvalue weighted by Gasteiger charge is -2.10. The van der Waals surface area contributed by atoms with Gasteiger partial charge < -0.3 is 4.74 Å². The highest BCUT2D eigenvalue weighted by Gasteiger charge is 2.19. The Morgan fingerprint density at radius 1 is 1.27 bits per heavy atom. The largest absolute Gasteiger partial charge is 0.465 e. The number of nitrogens with one attached hydrogen (secondary N) is 1. The normalized spacial score (nSPS) is 11.0. The second kappa shape index (κ2) is 6.10. The number of hydrogen-bond donors (Lipinski definition) is 1. The van der Waals surface area contributed by atoms with E-state index in [2.05, 4.69) is 14.4 Å². The number of nitrogens with zero attached hydrogens (tertiary/aromatic N) is 1. The third kappa shape index (κ3) is 3.40. The fourth-order valence-corrected chi connectivity index (χ4v) is 3.06. The van der Waals surface area contributed by atoms with Gasteiger partial charge in [0.05, 0.1) is 23.8 Å². The number of benzene rings is 1. The van der Waals surface area contributed by atoms with Crippen molar-refractivity contribution >= 4 is 21.8 Å². The zero-order valence-corrected chi connectivity index (χ0v) is 12.6. The minimum absolute atomic E-state index is 0.00200. The zero-order valence-electron chi connectivity index (χ0n) is 11.8. The number of ether oxygens (including phenoxy) is 1. The fourth-order valence-electron chi connectivity index (χ4n) is 1.82. The Morgan fingerprint density at radius 3 is 2.55 bits per heavy atom. The Labute approximate surface area is 127 Å². The summed E-state index contributed by atoms with van der Waals surface area (Å²) in [7, 11) is -2.65. The summed E-state index contributed by atoms with van der Waals surface area (Å²) in [5.74, 6) is -1.13. The molecule has 0 radical (unpaired) electrons. The molecule has 2 aromatic rings. The van der Waals surface area contributed by atoms with Crippen LogP contribution in [0.1, 0.15) is 15.9 Å². The lowest BCUT2D eigenvalue weighted by Crippen LogP contribution is -2.15. The van der Waals surface area contributed by atoms with Gasteiger partial charge in [-0.1, -0.05) is 0 Å². The minimum atomic E-state index is -3.89. The number of esters is 1. The molecular formula is C14H13FN2O4S. The zero-order chi connectivity index (χ0) is 16.3. The molecule has 1 aromatic heterocycles. The first-order valence-electron chi connectivity index (χ1n) is 6.17. The first-order valence-corrected chi connectivity index (χ1v) is 7.65. The quantitative estimate of drug-likeness (QED) is 0.871. The number of aryl methyl sites for hydroxylation is 1. The number of hydrogen-bond acceptors (Lipinski definition) is 5. The lowest BCUT2D eigenvalue weighted by atomic mass is 10.1. The van der Waals surface area contributed by atoms with E-state index in [1.54, 1.807) is 6.92 Å². The molecule has 0 aliphatic carbocycles. The highest BCUT2D eigenvalue weighted by atomic mass is 32.2. The Bertz CT molecular complexity index is 804. The van der Waals surface area contributed by atoms with Crippen molar-refractivity contribution in [2.24, 2.45) is 0 Å². The van der Waals surface area contributed by atoms with Crippen LogP contribution in [0.5, 0.6) is 0 Å². The van der Waals surface area contributed by atoms with E-state index in [9.17, 15) is 17.6 Å². The van der Waals surface area contributed by atoms with Crippen LogP contribution in [0.25, 0.3) is 0 Å². The number of pyridine rings is 1. The summed E-state index contributed by atoms with van der Waals surface area (Å²) in [5, 5.41) is 0. The Morgan fingerprint density at radius 2 is 2.00 bits per heavy atom. The van der Waals surface area contributed by atoms with Gasteiger partial charge in [-0.25, -0.2) is 22.6 Å². The predicted molar refractivity (Wildman–Crippen MR) is 77.5 cm³/mol. The summed E-state index contributed by atoms with van der Waals surface area (Å²) in [6, 6.07) is 6.38. The minimum Gasteiger partial charge on any atom is -0.465 e. The van der Waals surface area contributed by atoms with Crippen LogP contribution >= 0.6 is 0 Å². The maximum atomic E-state index is 12.8. The van der Waals surface area contributed by atoms with E-state index in [4.69, 9.17) is 0 Å². The van der Waals surface area contributed by atoms with Crippen LogP contribution in [0, 0.1) is 12.7 Å². The first kappa shape index (κ1) is 15.9. The van der Waals surface area contributed by atoms with Crippen LogP contribution in [0.4, 0.5) is 10.2 Å². The molecule has 2 rings (SSSR count). The first-order chi connectivity index (χ1) is 10.3. The number of aromatic nitrogens is 1. The van der Waals surface area contributed by atoms with Crippen LogP contribution in [-0.4, -0.2) is 26.5 Å². The maximum absolute atomic E-state index is 12.8. The van der Waals surface area contributed by atoms with E-state index in [0.29, 0.717) is 5.56 Å². The second-order valence-corrected chi connectivity index (χ2v) is 6.09. The number of rotatable bonds is 4. The molecule has 0 fully saturated rings. The summed E-state index contributed by atoms with van der Waals surface area (Å²) >= 11 is 0. The summed E-state index contributed by atoms with van der Waals surface area (Å²) in [6.45, 7) is 1.55. The number of anilines is 1. The number of halogens is 1. The molecule has 1 aromatic carbocycles. The Hall–Kier alpha value is -2.48. The molecule has 0 unspecified atom stereocenters. The van der Waals surface area contributed by atoms with Crippen molar-refractivity contribution in [1.29, 1.82) is 0 Å². The molecule has 0 amide bonds. The maximum Gasteiger partial charge on any atom is 0.337 e. The van der Waals surface area contributed by atoms with Crippen LogP contribution in [0.3, 0.4) is 0 Å². The molecular weight excluding hydrogens is 311 g/mol. The van der Waals surface area contributed by atoms with E-state index in [0.717, 1.165) is 12.3 Å². The van der Waals surface area contributed by atoms with Gasteiger partial charge in [0.15, 0.2) is 0 Å². The third-order valence-corrected chi connectivity index (χ3v) is 4.37. The van der Waals surface area contributed by atoms with Crippen LogP contribution in [-0.2, 0) is 14.8 Å². The van der Waals surface area contributed by atoms with Gasteiger partial charge in [-0.15, -0.1) is 0 Å². The monoisotopic (exact) mass is 324 g/mol. The average Bonchev–Trinajstić information content (AvgIpc) is 2.48. The molecule has 0 saturated heterocycles. The molecule has 116 valence electrons. The number of carbonyl (C=O) groups is 1. The van der Waals surface area contributed by atoms with E-state index in [1.165, 1.54) is 31.4 Å². The van der Waals surface area contributed by atoms with Crippen molar-refractivity contribution in [3.8, 4) is 0 Å².